The van der Waals surface area contributed by atoms with Crippen LogP contribution in [0.3, 0.4) is 0 Å². The highest BCUT2D eigenvalue weighted by molar-refractivity contribution is 8.01. The second kappa shape index (κ2) is 5.36. The van der Waals surface area contributed by atoms with E-state index < -0.39 is 20.2 Å². The Labute approximate surface area is 114 Å². The molecule has 106 valence electrons. The first-order valence-corrected chi connectivity index (χ1v) is 8.26. The molecule has 0 saturated heterocycles. The number of rotatable bonds is 3. The highest BCUT2D eigenvalue weighted by Crippen LogP contribution is 2.40. The van der Waals surface area contributed by atoms with Crippen molar-refractivity contribution in [2.24, 2.45) is 0 Å². The second-order valence-corrected chi connectivity index (χ2v) is 7.67. The maximum Gasteiger partial charge on any atom is 0.501 e. The van der Waals surface area contributed by atoms with Gasteiger partial charge in [-0.1, -0.05) is 25.0 Å². The van der Waals surface area contributed by atoms with Crippen LogP contribution in [-0.4, -0.2) is 19.2 Å². The summed E-state index contributed by atoms with van der Waals surface area (Å²) in [5.41, 5.74) is -5.25. The Morgan fingerprint density at radius 2 is 1.68 bits per heavy atom. The molecule has 0 bridgehead atoms. The van der Waals surface area contributed by atoms with E-state index in [9.17, 15) is 21.6 Å². The van der Waals surface area contributed by atoms with Crippen LogP contribution in [0.1, 0.15) is 25.7 Å². The lowest BCUT2D eigenvalue weighted by molar-refractivity contribution is -0.0437. The van der Waals surface area contributed by atoms with E-state index in [1.165, 1.54) is 23.9 Å². The van der Waals surface area contributed by atoms with Crippen LogP contribution in [0.4, 0.5) is 13.2 Å². The van der Waals surface area contributed by atoms with Crippen molar-refractivity contribution in [2.75, 3.05) is 0 Å². The van der Waals surface area contributed by atoms with Crippen molar-refractivity contribution in [2.45, 2.75) is 46.2 Å². The highest BCUT2D eigenvalue weighted by atomic mass is 32.2. The highest BCUT2D eigenvalue weighted by Gasteiger charge is 2.48. The Bertz CT molecular complexity index is 546. The number of thioether (sulfide) groups is 1. The van der Waals surface area contributed by atoms with Gasteiger partial charge in [-0.2, -0.15) is 13.2 Å². The smallest absolute Gasteiger partial charge is 0.214 e. The normalized spacial score (nSPS) is 17.8. The fraction of sp³-hybridized carbons (Fsp3) is 0.500. The number of benzene rings is 1. The third-order valence-corrected chi connectivity index (χ3v) is 6.13. The van der Waals surface area contributed by atoms with Crippen LogP contribution in [0.15, 0.2) is 34.1 Å². The summed E-state index contributed by atoms with van der Waals surface area (Å²) < 4.78 is 60.9. The van der Waals surface area contributed by atoms with Gasteiger partial charge in [-0.15, -0.1) is 11.8 Å². The summed E-state index contributed by atoms with van der Waals surface area (Å²) in [7, 11) is -5.27. The molecular weight excluding hydrogens is 297 g/mol. The molecule has 1 aromatic carbocycles. The van der Waals surface area contributed by atoms with Gasteiger partial charge < -0.3 is 0 Å². The summed E-state index contributed by atoms with van der Waals surface area (Å²) in [6, 6.07) is 5.35. The number of hydrogen-bond donors (Lipinski definition) is 0. The fourth-order valence-electron chi connectivity index (χ4n) is 2.08. The summed E-state index contributed by atoms with van der Waals surface area (Å²) in [5, 5.41) is 0.213. The molecule has 0 amide bonds. The van der Waals surface area contributed by atoms with Crippen molar-refractivity contribution in [3.8, 4) is 0 Å². The third-order valence-electron chi connectivity index (χ3n) is 3.04. The van der Waals surface area contributed by atoms with Gasteiger partial charge in [-0.05, 0) is 25.0 Å². The average molecular weight is 310 g/mol. The Morgan fingerprint density at radius 1 is 1.11 bits per heavy atom. The van der Waals surface area contributed by atoms with Crippen LogP contribution in [-0.2, 0) is 9.84 Å². The number of halogens is 3. The van der Waals surface area contributed by atoms with Crippen molar-refractivity contribution in [1.82, 2.24) is 0 Å². The molecule has 2 rings (SSSR count). The SMILES string of the molecule is O=S(=O)(c1ccccc1SC1CCCC1)C(F)(F)F. The number of sulfone groups is 1. The molecule has 7 heteroatoms. The van der Waals surface area contributed by atoms with E-state index in [1.54, 1.807) is 6.07 Å². The minimum absolute atomic E-state index is 0.201. The Morgan fingerprint density at radius 3 is 2.26 bits per heavy atom. The second-order valence-electron chi connectivity index (χ2n) is 4.42. The van der Waals surface area contributed by atoms with E-state index in [4.69, 9.17) is 0 Å². The van der Waals surface area contributed by atoms with Gasteiger partial charge in [0.15, 0.2) is 0 Å². The van der Waals surface area contributed by atoms with Gasteiger partial charge in [0.1, 0.15) is 0 Å². The zero-order chi connectivity index (χ0) is 14.1. The lowest BCUT2D eigenvalue weighted by atomic mass is 10.4. The van der Waals surface area contributed by atoms with E-state index in [-0.39, 0.29) is 10.1 Å². The molecule has 0 radical (unpaired) electrons. The number of hydrogen-bond acceptors (Lipinski definition) is 3. The first kappa shape index (κ1) is 14.7. The summed E-state index contributed by atoms with van der Waals surface area (Å²) in [6.07, 6.45) is 3.94. The van der Waals surface area contributed by atoms with Crippen LogP contribution in [0.2, 0.25) is 0 Å². The maximum absolute atomic E-state index is 12.6. The van der Waals surface area contributed by atoms with Gasteiger partial charge >= 0.3 is 5.51 Å². The quantitative estimate of drug-likeness (QED) is 0.846. The zero-order valence-corrected chi connectivity index (χ0v) is 11.6. The Kier molecular flexibility index (Phi) is 4.15. The van der Waals surface area contributed by atoms with E-state index in [2.05, 4.69) is 0 Å². The molecule has 1 aromatic rings. The first-order valence-electron chi connectivity index (χ1n) is 5.89. The van der Waals surface area contributed by atoms with Crippen LogP contribution >= 0.6 is 11.8 Å². The summed E-state index contributed by atoms with van der Waals surface area (Å²) in [5.74, 6) is 0. The van der Waals surface area contributed by atoms with Gasteiger partial charge in [-0.3, -0.25) is 0 Å². The predicted octanol–water partition coefficient (Wildman–Crippen LogP) is 4.01. The van der Waals surface area contributed by atoms with Gasteiger partial charge in [-0.25, -0.2) is 8.42 Å². The standard InChI is InChI=1S/C12H13F3O2S2/c13-12(14,15)19(16,17)11-8-4-3-7-10(11)18-9-5-1-2-6-9/h3-4,7-9H,1-2,5-6H2. The van der Waals surface area contributed by atoms with E-state index in [0.29, 0.717) is 0 Å². The molecule has 0 N–H and O–H groups in total. The lowest BCUT2D eigenvalue weighted by Crippen LogP contribution is -2.23. The minimum atomic E-state index is -5.27. The van der Waals surface area contributed by atoms with Crippen molar-refractivity contribution < 1.29 is 21.6 Å². The summed E-state index contributed by atoms with van der Waals surface area (Å²) in [6.45, 7) is 0. The van der Waals surface area contributed by atoms with Crippen molar-refractivity contribution in [3.63, 3.8) is 0 Å². The number of alkyl halides is 3. The molecule has 2 nitrogen and oxygen atoms in total. The van der Waals surface area contributed by atoms with Crippen LogP contribution in [0.5, 0.6) is 0 Å². The van der Waals surface area contributed by atoms with Gasteiger partial charge in [0.25, 0.3) is 9.84 Å². The van der Waals surface area contributed by atoms with Crippen molar-refractivity contribution in [1.29, 1.82) is 0 Å². The summed E-state index contributed by atoms with van der Waals surface area (Å²) in [4.78, 5) is -0.425. The first-order chi connectivity index (χ1) is 8.82. The maximum atomic E-state index is 12.6. The lowest BCUT2D eigenvalue weighted by Gasteiger charge is -2.14. The zero-order valence-electron chi connectivity index (χ0n) is 9.98. The molecule has 1 saturated carbocycles. The molecule has 0 spiro atoms. The van der Waals surface area contributed by atoms with Crippen LogP contribution < -0.4 is 0 Å². The molecule has 0 unspecified atom stereocenters. The van der Waals surface area contributed by atoms with E-state index in [1.807, 2.05) is 0 Å². The molecule has 0 atom stereocenters. The average Bonchev–Trinajstić information content (AvgIpc) is 2.81. The molecule has 1 fully saturated rings. The molecule has 0 aliphatic heterocycles. The largest absolute Gasteiger partial charge is 0.501 e. The molecule has 1 aliphatic carbocycles. The van der Waals surface area contributed by atoms with Crippen LogP contribution in [0, 0.1) is 0 Å². The Hall–Kier alpha value is -0.690. The molecule has 19 heavy (non-hydrogen) atoms. The topological polar surface area (TPSA) is 34.1 Å². The monoisotopic (exact) mass is 310 g/mol. The minimum Gasteiger partial charge on any atom is -0.214 e. The van der Waals surface area contributed by atoms with E-state index >= 15 is 0 Å². The van der Waals surface area contributed by atoms with E-state index in [0.717, 1.165) is 31.7 Å². The molecular formula is C12H13F3O2S2. The fourth-order valence-corrected chi connectivity index (χ4v) is 4.66. The molecule has 0 aromatic heterocycles. The molecule has 0 heterocycles. The Balaban J connectivity index is 2.36. The van der Waals surface area contributed by atoms with Gasteiger partial charge in [0.05, 0.1) is 4.90 Å². The van der Waals surface area contributed by atoms with Crippen molar-refractivity contribution >= 4 is 21.6 Å². The molecule has 1 aliphatic rings. The van der Waals surface area contributed by atoms with Gasteiger partial charge in [0.2, 0.25) is 0 Å². The third kappa shape index (κ3) is 3.08. The van der Waals surface area contributed by atoms with Gasteiger partial charge in [0, 0.05) is 10.1 Å². The van der Waals surface area contributed by atoms with Crippen molar-refractivity contribution in [3.05, 3.63) is 24.3 Å². The van der Waals surface area contributed by atoms with Crippen LogP contribution in [0.25, 0.3) is 0 Å². The summed E-state index contributed by atoms with van der Waals surface area (Å²) >= 11 is 1.24. The predicted molar refractivity (Wildman–Crippen MR) is 67.8 cm³/mol.